The molecule has 7 heteroatoms. The van der Waals surface area contributed by atoms with Crippen molar-refractivity contribution in [2.45, 2.75) is 0 Å². The van der Waals surface area contributed by atoms with Gasteiger partial charge in [0.1, 0.15) is 11.1 Å². The lowest BCUT2D eigenvalue weighted by molar-refractivity contribution is 0.102. The molecule has 122 valence electrons. The second-order valence-electron chi connectivity index (χ2n) is 5.22. The standard InChI is InChI=1S/C18H11N3O4/c22-15(11-6-2-1-3-7-11)19-18-21-20-16(25-18)13-10-12-8-4-5-9-14(12)24-17(13)23/h1-10H,(H,19,21,22). The molecule has 25 heavy (non-hydrogen) atoms. The molecule has 2 aromatic carbocycles. The van der Waals surface area contributed by atoms with E-state index in [4.69, 9.17) is 8.83 Å². The first kappa shape index (κ1) is 14.8. The Kier molecular flexibility index (Phi) is 3.59. The van der Waals surface area contributed by atoms with E-state index in [9.17, 15) is 9.59 Å². The number of nitrogens with one attached hydrogen (secondary N) is 1. The first-order chi connectivity index (χ1) is 12.2. The number of carbonyl (C=O) groups excluding carboxylic acids is 1. The smallest absolute Gasteiger partial charge is 0.349 e. The summed E-state index contributed by atoms with van der Waals surface area (Å²) in [6.45, 7) is 0. The number of benzene rings is 2. The molecule has 0 spiro atoms. The van der Waals surface area contributed by atoms with Crippen molar-refractivity contribution < 1.29 is 13.6 Å². The fourth-order valence-corrected chi connectivity index (χ4v) is 2.35. The van der Waals surface area contributed by atoms with Gasteiger partial charge in [-0.25, -0.2) is 4.79 Å². The Bertz CT molecular complexity index is 1120. The molecule has 2 heterocycles. The molecular formula is C18H11N3O4. The first-order valence-corrected chi connectivity index (χ1v) is 7.44. The Morgan fingerprint density at radius 1 is 0.920 bits per heavy atom. The highest BCUT2D eigenvalue weighted by atomic mass is 16.4. The molecule has 0 aliphatic rings. The van der Waals surface area contributed by atoms with E-state index in [-0.39, 0.29) is 23.4 Å². The highest BCUT2D eigenvalue weighted by molar-refractivity contribution is 6.03. The minimum Gasteiger partial charge on any atom is -0.422 e. The third-order valence-electron chi connectivity index (χ3n) is 3.55. The molecule has 0 radical (unpaired) electrons. The summed E-state index contributed by atoms with van der Waals surface area (Å²) in [7, 11) is 0. The molecule has 4 aromatic rings. The van der Waals surface area contributed by atoms with Crippen LogP contribution in [0.2, 0.25) is 0 Å². The third-order valence-corrected chi connectivity index (χ3v) is 3.55. The molecular weight excluding hydrogens is 322 g/mol. The average Bonchev–Trinajstić information content (AvgIpc) is 3.10. The number of aromatic nitrogens is 2. The van der Waals surface area contributed by atoms with Gasteiger partial charge in [0.15, 0.2) is 0 Å². The van der Waals surface area contributed by atoms with E-state index < -0.39 is 5.63 Å². The molecule has 2 aromatic heterocycles. The van der Waals surface area contributed by atoms with Crippen LogP contribution < -0.4 is 10.9 Å². The predicted octanol–water partition coefficient (Wildman–Crippen LogP) is 3.10. The summed E-state index contributed by atoms with van der Waals surface area (Å²) in [6, 6.07) is 17.2. The van der Waals surface area contributed by atoms with Crippen LogP contribution in [0.25, 0.3) is 22.4 Å². The van der Waals surface area contributed by atoms with Crippen molar-refractivity contribution in [2.24, 2.45) is 0 Å². The van der Waals surface area contributed by atoms with Crippen molar-refractivity contribution in [3.05, 3.63) is 76.6 Å². The molecule has 0 atom stereocenters. The number of nitrogens with zero attached hydrogens (tertiary/aromatic N) is 2. The van der Waals surface area contributed by atoms with Crippen molar-refractivity contribution in [2.75, 3.05) is 5.32 Å². The number of rotatable bonds is 3. The van der Waals surface area contributed by atoms with Crippen LogP contribution in [-0.2, 0) is 0 Å². The Hall–Kier alpha value is -3.74. The average molecular weight is 333 g/mol. The molecule has 7 nitrogen and oxygen atoms in total. The van der Waals surface area contributed by atoms with E-state index in [2.05, 4.69) is 15.5 Å². The van der Waals surface area contributed by atoms with Gasteiger partial charge in [-0.2, -0.15) is 0 Å². The number of amides is 1. The maximum Gasteiger partial charge on any atom is 0.349 e. The summed E-state index contributed by atoms with van der Waals surface area (Å²) < 4.78 is 10.6. The summed E-state index contributed by atoms with van der Waals surface area (Å²) in [5.41, 5.74) is 0.454. The Morgan fingerprint density at radius 3 is 2.52 bits per heavy atom. The molecule has 1 amide bonds. The monoisotopic (exact) mass is 333 g/mol. The second kappa shape index (κ2) is 6.04. The van der Waals surface area contributed by atoms with Crippen molar-refractivity contribution in [3.8, 4) is 11.5 Å². The second-order valence-corrected chi connectivity index (χ2v) is 5.22. The molecule has 0 aliphatic carbocycles. The summed E-state index contributed by atoms with van der Waals surface area (Å²) in [6.07, 6.45) is 0. The number of carbonyl (C=O) groups is 1. The highest BCUT2D eigenvalue weighted by Gasteiger charge is 2.16. The van der Waals surface area contributed by atoms with Crippen LogP contribution >= 0.6 is 0 Å². The summed E-state index contributed by atoms with van der Waals surface area (Å²) in [5, 5.41) is 10.8. The van der Waals surface area contributed by atoms with Gasteiger partial charge in [0.2, 0.25) is 0 Å². The topological polar surface area (TPSA) is 98.2 Å². The first-order valence-electron chi connectivity index (χ1n) is 7.44. The van der Waals surface area contributed by atoms with Crippen LogP contribution in [0.15, 0.2) is 74.3 Å². The lowest BCUT2D eigenvalue weighted by Crippen LogP contribution is -2.11. The van der Waals surface area contributed by atoms with Crippen LogP contribution in [0.4, 0.5) is 6.01 Å². The number of fused-ring (bicyclic) bond motifs is 1. The van der Waals surface area contributed by atoms with Crippen molar-refractivity contribution in [1.29, 1.82) is 0 Å². The van der Waals surface area contributed by atoms with Gasteiger partial charge in [0, 0.05) is 10.9 Å². The maximum absolute atomic E-state index is 12.1. The van der Waals surface area contributed by atoms with E-state index >= 15 is 0 Å². The van der Waals surface area contributed by atoms with Crippen molar-refractivity contribution in [1.82, 2.24) is 10.2 Å². The minimum atomic E-state index is -0.594. The minimum absolute atomic E-state index is 0.0251. The Balaban J connectivity index is 1.64. The van der Waals surface area contributed by atoms with Gasteiger partial charge in [-0.1, -0.05) is 41.5 Å². The van der Waals surface area contributed by atoms with Gasteiger partial charge < -0.3 is 8.83 Å². The van der Waals surface area contributed by atoms with Crippen molar-refractivity contribution in [3.63, 3.8) is 0 Å². The number of hydrogen-bond donors (Lipinski definition) is 1. The van der Waals surface area contributed by atoms with Crippen LogP contribution in [0.5, 0.6) is 0 Å². The Morgan fingerprint density at radius 2 is 1.68 bits per heavy atom. The normalized spacial score (nSPS) is 10.7. The lowest BCUT2D eigenvalue weighted by Gasteiger charge is -2.00. The SMILES string of the molecule is O=C(Nc1nnc(-c2cc3ccccc3oc2=O)o1)c1ccccc1. The van der Waals surface area contributed by atoms with E-state index in [1.54, 1.807) is 54.6 Å². The van der Waals surface area contributed by atoms with Gasteiger partial charge in [-0.15, -0.1) is 5.10 Å². The predicted molar refractivity (Wildman–Crippen MR) is 90.2 cm³/mol. The fraction of sp³-hybridized carbons (Fsp3) is 0. The van der Waals surface area contributed by atoms with Crippen LogP contribution in [0.3, 0.4) is 0 Å². The maximum atomic E-state index is 12.1. The third kappa shape index (κ3) is 2.90. The fourth-order valence-electron chi connectivity index (χ4n) is 2.35. The van der Waals surface area contributed by atoms with Gasteiger partial charge in [0.25, 0.3) is 11.8 Å². The van der Waals surface area contributed by atoms with Gasteiger partial charge in [-0.3, -0.25) is 10.1 Å². The molecule has 0 bridgehead atoms. The lowest BCUT2D eigenvalue weighted by atomic mass is 10.2. The quantitative estimate of drug-likeness (QED) is 0.579. The van der Waals surface area contributed by atoms with Crippen LogP contribution in [0, 0.1) is 0 Å². The number of anilines is 1. The molecule has 0 saturated carbocycles. The molecule has 4 rings (SSSR count). The van der Waals surface area contributed by atoms with Crippen LogP contribution in [-0.4, -0.2) is 16.1 Å². The number of hydrogen-bond acceptors (Lipinski definition) is 6. The van der Waals surface area contributed by atoms with E-state index in [0.29, 0.717) is 11.1 Å². The van der Waals surface area contributed by atoms with Crippen molar-refractivity contribution >= 4 is 22.9 Å². The molecule has 0 aliphatic heterocycles. The zero-order valence-corrected chi connectivity index (χ0v) is 12.8. The highest BCUT2D eigenvalue weighted by Crippen LogP contribution is 2.21. The zero-order chi connectivity index (χ0) is 17.2. The van der Waals surface area contributed by atoms with E-state index in [1.807, 2.05) is 6.07 Å². The summed E-state index contributed by atoms with van der Waals surface area (Å²) >= 11 is 0. The summed E-state index contributed by atoms with van der Waals surface area (Å²) in [5.74, 6) is -0.413. The van der Waals surface area contributed by atoms with Crippen LogP contribution in [0.1, 0.15) is 10.4 Å². The Labute approximate surface area is 140 Å². The molecule has 0 unspecified atom stereocenters. The number of para-hydroxylation sites is 1. The van der Waals surface area contributed by atoms with Gasteiger partial charge >= 0.3 is 11.6 Å². The van der Waals surface area contributed by atoms with E-state index in [0.717, 1.165) is 5.39 Å². The van der Waals surface area contributed by atoms with Gasteiger partial charge in [-0.05, 0) is 24.3 Å². The largest absolute Gasteiger partial charge is 0.422 e. The molecule has 0 saturated heterocycles. The molecule has 1 N–H and O–H groups in total. The summed E-state index contributed by atoms with van der Waals surface area (Å²) in [4.78, 5) is 24.2. The zero-order valence-electron chi connectivity index (χ0n) is 12.8. The molecule has 0 fully saturated rings. The van der Waals surface area contributed by atoms with E-state index in [1.165, 1.54) is 0 Å². The van der Waals surface area contributed by atoms with Gasteiger partial charge in [0.05, 0.1) is 0 Å².